The number of rotatable bonds is 7. The van der Waals surface area contributed by atoms with Gasteiger partial charge < -0.3 is 14.8 Å². The number of nitrogens with one attached hydrogen (secondary N) is 1. The van der Waals surface area contributed by atoms with Gasteiger partial charge in [-0.2, -0.15) is 4.98 Å². The zero-order chi connectivity index (χ0) is 26.6. The number of fused-ring (bicyclic) bond motifs is 2. The summed E-state index contributed by atoms with van der Waals surface area (Å²) in [6, 6.07) is 3.25. The number of benzene rings is 1. The molecule has 5 heterocycles. The van der Waals surface area contributed by atoms with Crippen molar-refractivity contribution >= 4 is 22.5 Å². The van der Waals surface area contributed by atoms with Crippen LogP contribution >= 0.6 is 0 Å². The van der Waals surface area contributed by atoms with E-state index in [9.17, 15) is 13.2 Å². The first-order chi connectivity index (χ1) is 18.3. The molecule has 2 saturated heterocycles. The molecule has 14 heteroatoms. The average Bonchev–Trinajstić information content (AvgIpc) is 3.43. The third-order valence-corrected chi connectivity index (χ3v) is 7.22. The molecule has 3 aromatic heterocycles. The second kappa shape index (κ2) is 9.34. The maximum absolute atomic E-state index is 15.3. The maximum Gasteiger partial charge on any atom is 0.280 e. The highest BCUT2D eigenvalue weighted by Gasteiger charge is 2.47. The lowest BCUT2D eigenvalue weighted by molar-refractivity contribution is -0.131. The molecular formula is C24H26F4N8O2. The van der Waals surface area contributed by atoms with Crippen LogP contribution in [0.1, 0.15) is 19.4 Å². The summed E-state index contributed by atoms with van der Waals surface area (Å²) in [5.41, 5.74) is 1.89. The molecule has 6 rings (SSSR count). The molecule has 0 amide bonds. The van der Waals surface area contributed by atoms with E-state index in [4.69, 9.17) is 9.47 Å². The topological polar surface area (TPSA) is 94.6 Å². The summed E-state index contributed by atoms with van der Waals surface area (Å²) in [6.45, 7) is 2.04. The SMILES string of the molecule is COc1nc(N[C@@H]2CCN(C3COC3)CC2(F)F)nn2cc(F)c(-c3ccc4nnn([C@@H](C)CF)c4c3)c12. The molecule has 0 unspecified atom stereocenters. The predicted octanol–water partition coefficient (Wildman–Crippen LogP) is 3.34. The molecule has 1 aromatic carbocycles. The highest BCUT2D eigenvalue weighted by molar-refractivity contribution is 5.89. The normalized spacial score (nSPS) is 21.1. The monoisotopic (exact) mass is 534 g/mol. The molecule has 0 radical (unpaired) electrons. The molecule has 10 nitrogen and oxygen atoms in total. The molecule has 0 spiro atoms. The van der Waals surface area contributed by atoms with Crippen LogP contribution in [0.15, 0.2) is 24.4 Å². The van der Waals surface area contributed by atoms with E-state index < -0.39 is 37.0 Å². The standard InChI is InChI=1S/C24H26F4N8O2/c1-13(8-25)36-18-7-14(3-4-17(18)31-33-36)20-16(26)9-35-21(20)22(37-2)30-23(32-35)29-19-5-6-34(12-24(19,27)28)15-10-38-11-15/h3-4,7,9,13,15,19H,5-6,8,10-12H2,1-2H3,(H,29,32)/t13-,19+/m0/s1. The van der Waals surface area contributed by atoms with E-state index in [0.717, 1.165) is 6.20 Å². The van der Waals surface area contributed by atoms with Gasteiger partial charge in [-0.15, -0.1) is 10.2 Å². The first-order valence-corrected chi connectivity index (χ1v) is 12.3. The minimum Gasteiger partial charge on any atom is -0.479 e. The number of anilines is 1. The Morgan fingerprint density at radius 3 is 2.79 bits per heavy atom. The molecule has 0 saturated carbocycles. The molecule has 2 aliphatic heterocycles. The molecule has 2 aliphatic rings. The molecule has 202 valence electrons. The molecule has 2 fully saturated rings. The molecule has 0 aliphatic carbocycles. The summed E-state index contributed by atoms with van der Waals surface area (Å²) in [5.74, 6) is -3.74. The molecule has 0 bridgehead atoms. The summed E-state index contributed by atoms with van der Waals surface area (Å²) >= 11 is 0. The number of hydrogen-bond donors (Lipinski definition) is 1. The number of likely N-dealkylation sites (tertiary alicyclic amines) is 1. The second-order valence-corrected chi connectivity index (χ2v) is 9.74. The van der Waals surface area contributed by atoms with Crippen LogP contribution in [0.5, 0.6) is 5.88 Å². The zero-order valence-electron chi connectivity index (χ0n) is 20.7. The third kappa shape index (κ3) is 4.11. The van der Waals surface area contributed by atoms with Crippen LogP contribution in [0.25, 0.3) is 27.7 Å². The van der Waals surface area contributed by atoms with E-state index in [0.29, 0.717) is 36.4 Å². The van der Waals surface area contributed by atoms with E-state index >= 15 is 4.39 Å². The highest BCUT2D eigenvalue weighted by Crippen LogP contribution is 2.37. The average molecular weight is 535 g/mol. The van der Waals surface area contributed by atoms with Gasteiger partial charge in [0, 0.05) is 6.54 Å². The van der Waals surface area contributed by atoms with E-state index in [2.05, 4.69) is 25.7 Å². The van der Waals surface area contributed by atoms with E-state index in [1.54, 1.807) is 30.0 Å². The van der Waals surface area contributed by atoms with Gasteiger partial charge in [-0.1, -0.05) is 11.3 Å². The van der Waals surface area contributed by atoms with Gasteiger partial charge in [0.25, 0.3) is 5.92 Å². The van der Waals surface area contributed by atoms with Crippen LogP contribution in [0.3, 0.4) is 0 Å². The van der Waals surface area contributed by atoms with Gasteiger partial charge in [-0.05, 0) is 31.0 Å². The Hall–Kier alpha value is -3.52. The quantitative estimate of drug-likeness (QED) is 0.361. The first-order valence-electron chi connectivity index (χ1n) is 12.3. The molecule has 4 aromatic rings. The van der Waals surface area contributed by atoms with Crippen LogP contribution in [0.4, 0.5) is 23.5 Å². The Labute approximate surface area is 214 Å². The van der Waals surface area contributed by atoms with E-state index in [1.165, 1.54) is 16.3 Å². The number of piperidine rings is 1. The van der Waals surface area contributed by atoms with Crippen molar-refractivity contribution in [3.63, 3.8) is 0 Å². The van der Waals surface area contributed by atoms with Crippen molar-refractivity contribution in [1.82, 2.24) is 34.5 Å². The second-order valence-electron chi connectivity index (χ2n) is 9.74. The minimum absolute atomic E-state index is 0.0117. The Morgan fingerprint density at radius 2 is 2.11 bits per heavy atom. The van der Waals surface area contributed by atoms with Crippen molar-refractivity contribution in [1.29, 1.82) is 0 Å². The fourth-order valence-electron chi connectivity index (χ4n) is 5.03. The summed E-state index contributed by atoms with van der Waals surface area (Å²) in [7, 11) is 1.36. The maximum atomic E-state index is 15.3. The Bertz CT molecular complexity index is 1490. The highest BCUT2D eigenvalue weighted by atomic mass is 19.3. The summed E-state index contributed by atoms with van der Waals surface area (Å²) in [5, 5.41) is 15.1. The first kappa shape index (κ1) is 24.8. The predicted molar refractivity (Wildman–Crippen MR) is 130 cm³/mol. The summed E-state index contributed by atoms with van der Waals surface area (Å²) in [6.07, 6.45) is 1.32. The van der Waals surface area contributed by atoms with Gasteiger partial charge in [0.1, 0.15) is 17.7 Å². The van der Waals surface area contributed by atoms with Crippen molar-refractivity contribution in [2.45, 2.75) is 37.4 Å². The molecule has 2 atom stereocenters. The fourth-order valence-corrected chi connectivity index (χ4v) is 5.03. The van der Waals surface area contributed by atoms with Crippen LogP contribution in [0, 0.1) is 5.82 Å². The van der Waals surface area contributed by atoms with E-state index in [1.807, 2.05) is 0 Å². The molecule has 38 heavy (non-hydrogen) atoms. The van der Waals surface area contributed by atoms with Gasteiger partial charge >= 0.3 is 0 Å². The minimum atomic E-state index is -3.03. The van der Waals surface area contributed by atoms with Crippen molar-refractivity contribution in [3.8, 4) is 17.0 Å². The number of ether oxygens (including phenoxy) is 2. The zero-order valence-corrected chi connectivity index (χ0v) is 20.7. The molecule has 1 N–H and O–H groups in total. The number of alkyl halides is 3. The number of methoxy groups -OCH3 is 1. The summed E-state index contributed by atoms with van der Waals surface area (Å²) in [4.78, 5) is 6.04. The Morgan fingerprint density at radius 1 is 1.29 bits per heavy atom. The lowest BCUT2D eigenvalue weighted by Gasteiger charge is -2.44. The fraction of sp³-hybridized carbons (Fsp3) is 0.500. The van der Waals surface area contributed by atoms with Gasteiger partial charge in [0.05, 0.1) is 62.3 Å². The summed E-state index contributed by atoms with van der Waals surface area (Å²) < 4.78 is 71.9. The van der Waals surface area contributed by atoms with Crippen LogP contribution < -0.4 is 10.1 Å². The third-order valence-electron chi connectivity index (χ3n) is 7.22. The number of aromatic nitrogens is 6. The van der Waals surface area contributed by atoms with Crippen molar-refractivity contribution in [2.75, 3.05) is 45.4 Å². The van der Waals surface area contributed by atoms with E-state index in [-0.39, 0.29) is 35.4 Å². The Balaban J connectivity index is 1.34. The van der Waals surface area contributed by atoms with Gasteiger partial charge in [-0.25, -0.2) is 26.8 Å². The van der Waals surface area contributed by atoms with Crippen molar-refractivity contribution < 1.29 is 27.0 Å². The molecular weight excluding hydrogens is 508 g/mol. The lowest BCUT2D eigenvalue weighted by atomic mass is 9.98. The number of nitrogens with zero attached hydrogens (tertiary/aromatic N) is 7. The Kier molecular flexibility index (Phi) is 6.10. The van der Waals surface area contributed by atoms with Crippen molar-refractivity contribution in [2.24, 2.45) is 0 Å². The largest absolute Gasteiger partial charge is 0.479 e. The lowest BCUT2D eigenvalue weighted by Crippen LogP contribution is -2.61. The van der Waals surface area contributed by atoms with Crippen LogP contribution in [0.2, 0.25) is 0 Å². The number of hydrogen-bond acceptors (Lipinski definition) is 8. The van der Waals surface area contributed by atoms with Crippen LogP contribution in [-0.4, -0.2) is 92.6 Å². The van der Waals surface area contributed by atoms with Crippen LogP contribution in [-0.2, 0) is 4.74 Å². The van der Waals surface area contributed by atoms with Gasteiger partial charge in [-0.3, -0.25) is 4.90 Å². The van der Waals surface area contributed by atoms with Gasteiger partial charge in [0.15, 0.2) is 5.82 Å². The smallest absolute Gasteiger partial charge is 0.280 e. The van der Waals surface area contributed by atoms with Gasteiger partial charge in [0.2, 0.25) is 11.8 Å². The van der Waals surface area contributed by atoms with Crippen molar-refractivity contribution in [3.05, 3.63) is 30.2 Å². The number of halogens is 4.